The summed E-state index contributed by atoms with van der Waals surface area (Å²) in [6, 6.07) is 9.54. The smallest absolute Gasteiger partial charge is 0.253 e. The molecule has 2 amide bonds. The van der Waals surface area contributed by atoms with Gasteiger partial charge in [0.2, 0.25) is 5.91 Å². The van der Waals surface area contributed by atoms with Crippen LogP contribution in [0.4, 0.5) is 0 Å². The number of carbonyl (C=O) groups is 2. The van der Waals surface area contributed by atoms with Gasteiger partial charge in [-0.3, -0.25) is 9.59 Å². The fraction of sp³-hybridized carbons (Fsp3) is 0.421. The van der Waals surface area contributed by atoms with Crippen LogP contribution in [0.1, 0.15) is 18.5 Å². The van der Waals surface area contributed by atoms with Crippen molar-refractivity contribution in [3.63, 3.8) is 0 Å². The van der Waals surface area contributed by atoms with Crippen molar-refractivity contribution in [2.45, 2.75) is 31.5 Å². The molecule has 2 aromatic rings. The Bertz CT molecular complexity index is 806. The largest absolute Gasteiger partial charge is 0.368 e. The van der Waals surface area contributed by atoms with E-state index in [-0.39, 0.29) is 17.9 Å². The summed E-state index contributed by atoms with van der Waals surface area (Å²) >= 11 is 3.17. The number of amides is 2. The molecule has 1 N–H and O–H groups in total. The Morgan fingerprint density at radius 3 is 2.93 bits per heavy atom. The predicted octanol–water partition coefficient (Wildman–Crippen LogP) is 2.51. The van der Waals surface area contributed by atoms with Gasteiger partial charge in [0, 0.05) is 23.3 Å². The summed E-state index contributed by atoms with van der Waals surface area (Å²) in [6.07, 6.45) is 1.27. The maximum atomic E-state index is 12.6. The molecule has 27 heavy (non-hydrogen) atoms. The monoisotopic (exact) mass is 403 g/mol. The van der Waals surface area contributed by atoms with E-state index in [2.05, 4.69) is 10.3 Å². The minimum Gasteiger partial charge on any atom is -0.368 e. The molecule has 2 fully saturated rings. The number of benzene rings is 1. The molecule has 1 aromatic carbocycles. The van der Waals surface area contributed by atoms with Gasteiger partial charge in [-0.1, -0.05) is 30.3 Å². The van der Waals surface area contributed by atoms with Crippen LogP contribution in [0.2, 0.25) is 0 Å². The van der Waals surface area contributed by atoms with Crippen molar-refractivity contribution in [1.82, 2.24) is 15.2 Å². The van der Waals surface area contributed by atoms with Crippen molar-refractivity contribution in [2.75, 3.05) is 18.2 Å². The zero-order valence-corrected chi connectivity index (χ0v) is 16.4. The number of thiazole rings is 1. The van der Waals surface area contributed by atoms with Crippen LogP contribution in [0.3, 0.4) is 0 Å². The van der Waals surface area contributed by atoms with Gasteiger partial charge < -0.3 is 15.0 Å². The minimum atomic E-state index is -0.432. The molecule has 0 saturated carbocycles. The molecule has 142 valence electrons. The molecule has 1 aromatic heterocycles. The number of hydrogen-bond donors (Lipinski definition) is 1. The van der Waals surface area contributed by atoms with Crippen molar-refractivity contribution >= 4 is 34.9 Å². The van der Waals surface area contributed by atoms with E-state index in [0.717, 1.165) is 29.1 Å². The molecule has 0 aliphatic carbocycles. The van der Waals surface area contributed by atoms with E-state index in [1.165, 1.54) is 0 Å². The van der Waals surface area contributed by atoms with Crippen molar-refractivity contribution in [3.05, 3.63) is 41.4 Å². The van der Waals surface area contributed by atoms with Gasteiger partial charge in [-0.2, -0.15) is 0 Å². The van der Waals surface area contributed by atoms with Crippen LogP contribution < -0.4 is 5.32 Å². The Hall–Kier alpha value is -1.90. The number of hydrogen-bond acceptors (Lipinski definition) is 6. The van der Waals surface area contributed by atoms with Gasteiger partial charge in [-0.15, -0.1) is 23.1 Å². The van der Waals surface area contributed by atoms with Crippen LogP contribution in [-0.2, 0) is 20.9 Å². The third-order valence-corrected chi connectivity index (χ3v) is 6.64. The van der Waals surface area contributed by atoms with Crippen molar-refractivity contribution < 1.29 is 14.3 Å². The summed E-state index contributed by atoms with van der Waals surface area (Å²) in [6.45, 7) is 0.993. The Kier molecular flexibility index (Phi) is 5.75. The van der Waals surface area contributed by atoms with E-state index in [9.17, 15) is 9.59 Å². The standard InChI is InChI=1S/C19H21N3O3S2/c23-17(15-11-26-12-22(15)19(24)16-7-4-8-25-16)20-9-14-10-27-18(21-14)13-5-2-1-3-6-13/h1-3,5-6,10,15-16H,4,7-9,11-12H2,(H,20,23). The second kappa shape index (κ2) is 8.41. The van der Waals surface area contributed by atoms with Gasteiger partial charge >= 0.3 is 0 Å². The molecule has 2 saturated heterocycles. The van der Waals surface area contributed by atoms with Crippen LogP contribution in [-0.4, -0.2) is 52.1 Å². The van der Waals surface area contributed by atoms with Crippen molar-refractivity contribution in [3.8, 4) is 10.6 Å². The fourth-order valence-electron chi connectivity index (χ4n) is 3.23. The second-order valence-corrected chi connectivity index (χ2v) is 8.41. The summed E-state index contributed by atoms with van der Waals surface area (Å²) in [7, 11) is 0. The summed E-state index contributed by atoms with van der Waals surface area (Å²) in [5.41, 5.74) is 1.90. The van der Waals surface area contributed by atoms with E-state index in [1.807, 2.05) is 35.7 Å². The average Bonchev–Trinajstić information content (AvgIpc) is 3.47. The number of nitrogens with zero attached hydrogens (tertiary/aromatic N) is 2. The first-order chi connectivity index (χ1) is 13.2. The van der Waals surface area contributed by atoms with Gasteiger partial charge in [0.05, 0.1) is 18.1 Å². The third-order valence-electron chi connectivity index (χ3n) is 4.69. The van der Waals surface area contributed by atoms with E-state index in [1.54, 1.807) is 28.0 Å². The molecule has 0 spiro atoms. The Morgan fingerprint density at radius 2 is 2.15 bits per heavy atom. The van der Waals surface area contributed by atoms with E-state index in [0.29, 0.717) is 24.8 Å². The highest BCUT2D eigenvalue weighted by Gasteiger charge is 2.38. The molecular weight excluding hydrogens is 382 g/mol. The maximum Gasteiger partial charge on any atom is 0.253 e. The second-order valence-electron chi connectivity index (χ2n) is 6.55. The number of nitrogens with one attached hydrogen (secondary N) is 1. The lowest BCUT2D eigenvalue weighted by Crippen LogP contribution is -2.50. The lowest BCUT2D eigenvalue weighted by molar-refractivity contribution is -0.145. The van der Waals surface area contributed by atoms with Gasteiger partial charge in [0.25, 0.3) is 5.91 Å². The molecule has 0 radical (unpaired) electrons. The van der Waals surface area contributed by atoms with Crippen LogP contribution in [0.5, 0.6) is 0 Å². The number of rotatable bonds is 5. The van der Waals surface area contributed by atoms with Crippen LogP contribution in [0.25, 0.3) is 10.6 Å². The maximum absolute atomic E-state index is 12.6. The molecule has 2 aliphatic rings. The first-order valence-electron chi connectivity index (χ1n) is 9.00. The minimum absolute atomic E-state index is 0.0577. The van der Waals surface area contributed by atoms with E-state index >= 15 is 0 Å². The molecule has 2 unspecified atom stereocenters. The Morgan fingerprint density at radius 1 is 1.30 bits per heavy atom. The molecule has 8 heteroatoms. The first kappa shape index (κ1) is 18.5. The van der Waals surface area contributed by atoms with E-state index < -0.39 is 6.04 Å². The van der Waals surface area contributed by atoms with E-state index in [4.69, 9.17) is 4.74 Å². The third kappa shape index (κ3) is 4.17. The first-order valence-corrected chi connectivity index (χ1v) is 11.0. The Balaban J connectivity index is 1.35. The summed E-state index contributed by atoms with van der Waals surface area (Å²) in [4.78, 5) is 31.5. The molecule has 6 nitrogen and oxygen atoms in total. The fourth-order valence-corrected chi connectivity index (χ4v) is 5.22. The summed E-state index contributed by atoms with van der Waals surface area (Å²) in [5, 5.41) is 5.83. The number of thioether (sulfide) groups is 1. The number of ether oxygens (including phenoxy) is 1. The van der Waals surface area contributed by atoms with Crippen molar-refractivity contribution in [1.29, 1.82) is 0 Å². The topological polar surface area (TPSA) is 71.5 Å². The molecule has 3 heterocycles. The normalized spacial score (nSPS) is 22.1. The van der Waals surface area contributed by atoms with Crippen LogP contribution >= 0.6 is 23.1 Å². The predicted molar refractivity (Wildman–Crippen MR) is 106 cm³/mol. The molecular formula is C19H21N3O3S2. The molecule has 4 rings (SSSR count). The summed E-state index contributed by atoms with van der Waals surface area (Å²) in [5.74, 6) is 0.987. The number of aromatic nitrogens is 1. The molecule has 2 atom stereocenters. The van der Waals surface area contributed by atoms with Crippen LogP contribution in [0.15, 0.2) is 35.7 Å². The highest BCUT2D eigenvalue weighted by Crippen LogP contribution is 2.26. The molecule has 0 bridgehead atoms. The SMILES string of the molecule is O=C(NCc1csc(-c2ccccc2)n1)C1CSCN1C(=O)C1CCCO1. The van der Waals surface area contributed by atoms with Gasteiger partial charge in [0.15, 0.2) is 0 Å². The lowest BCUT2D eigenvalue weighted by Gasteiger charge is -2.25. The Labute approximate surface area is 166 Å². The lowest BCUT2D eigenvalue weighted by atomic mass is 10.2. The van der Waals surface area contributed by atoms with Gasteiger partial charge in [-0.05, 0) is 12.8 Å². The zero-order chi connectivity index (χ0) is 18.6. The average molecular weight is 404 g/mol. The number of carbonyl (C=O) groups excluding carboxylic acids is 2. The molecule has 2 aliphatic heterocycles. The van der Waals surface area contributed by atoms with Gasteiger partial charge in [-0.25, -0.2) is 4.98 Å². The summed E-state index contributed by atoms with van der Waals surface area (Å²) < 4.78 is 5.49. The highest BCUT2D eigenvalue weighted by molar-refractivity contribution is 7.99. The van der Waals surface area contributed by atoms with Crippen molar-refractivity contribution in [2.24, 2.45) is 0 Å². The van der Waals surface area contributed by atoms with Crippen LogP contribution in [0, 0.1) is 0 Å². The quantitative estimate of drug-likeness (QED) is 0.831. The van der Waals surface area contributed by atoms with Gasteiger partial charge in [0.1, 0.15) is 17.2 Å². The zero-order valence-electron chi connectivity index (χ0n) is 14.8. The highest BCUT2D eigenvalue weighted by atomic mass is 32.2.